The van der Waals surface area contributed by atoms with Crippen molar-refractivity contribution in [3.05, 3.63) is 29.8 Å². The minimum absolute atomic E-state index is 0.0373. The van der Waals surface area contributed by atoms with Gasteiger partial charge in [0.15, 0.2) is 0 Å². The van der Waals surface area contributed by atoms with Crippen molar-refractivity contribution in [2.45, 2.75) is 33.1 Å². The van der Waals surface area contributed by atoms with E-state index in [1.54, 1.807) is 11.8 Å². The van der Waals surface area contributed by atoms with E-state index in [1.165, 1.54) is 0 Å². The van der Waals surface area contributed by atoms with Gasteiger partial charge in [0.05, 0.1) is 0 Å². The number of nitrogens with zero attached hydrogens (tertiary/aromatic N) is 2. The quantitative estimate of drug-likeness (QED) is 0.846. The van der Waals surface area contributed by atoms with E-state index >= 15 is 0 Å². The second-order valence-corrected chi connectivity index (χ2v) is 5.16. The minimum Gasteiger partial charge on any atom is -0.343 e. The topological polar surface area (TPSA) is 40.6 Å². The summed E-state index contributed by atoms with van der Waals surface area (Å²) in [7, 11) is 0. The van der Waals surface area contributed by atoms with Crippen LogP contribution in [-0.2, 0) is 9.59 Å². The molecule has 1 aromatic rings. The van der Waals surface area contributed by atoms with Gasteiger partial charge in [-0.15, -0.1) is 0 Å². The van der Waals surface area contributed by atoms with Gasteiger partial charge in [-0.05, 0) is 25.5 Å². The Balaban J connectivity index is 2.19. The fraction of sp³-hybridized carbons (Fsp3) is 0.500. The number of benzene rings is 1. The smallest absolute Gasteiger partial charge is 0.223 e. The van der Waals surface area contributed by atoms with Crippen LogP contribution in [-0.4, -0.2) is 36.3 Å². The molecule has 4 nitrogen and oxygen atoms in total. The molecular weight excluding hydrogens is 252 g/mol. The molecule has 0 aromatic heterocycles. The Morgan fingerprint density at radius 1 is 1.25 bits per heavy atom. The lowest BCUT2D eigenvalue weighted by Gasteiger charge is -2.21. The van der Waals surface area contributed by atoms with Crippen LogP contribution in [0.3, 0.4) is 0 Å². The van der Waals surface area contributed by atoms with Crippen LogP contribution in [0.4, 0.5) is 5.69 Å². The van der Waals surface area contributed by atoms with E-state index in [2.05, 4.69) is 0 Å². The van der Waals surface area contributed by atoms with Gasteiger partial charge in [0.25, 0.3) is 0 Å². The molecule has 1 aromatic carbocycles. The van der Waals surface area contributed by atoms with Crippen LogP contribution in [0, 0.1) is 0 Å². The van der Waals surface area contributed by atoms with Crippen molar-refractivity contribution in [2.24, 2.45) is 0 Å². The summed E-state index contributed by atoms with van der Waals surface area (Å²) in [5.41, 5.74) is 2.07. The monoisotopic (exact) mass is 274 g/mol. The number of carbonyl (C=O) groups excluding carboxylic acids is 2. The van der Waals surface area contributed by atoms with Gasteiger partial charge in [-0.25, -0.2) is 0 Å². The second-order valence-electron chi connectivity index (χ2n) is 5.16. The van der Waals surface area contributed by atoms with Crippen LogP contribution in [0.15, 0.2) is 24.3 Å². The first kappa shape index (κ1) is 14.6. The highest BCUT2D eigenvalue weighted by molar-refractivity contribution is 5.94. The Labute approximate surface area is 120 Å². The van der Waals surface area contributed by atoms with Crippen molar-refractivity contribution in [2.75, 3.05) is 24.5 Å². The molecule has 1 unspecified atom stereocenters. The summed E-state index contributed by atoms with van der Waals surface area (Å²) >= 11 is 0. The average molecular weight is 274 g/mol. The largest absolute Gasteiger partial charge is 0.343 e. The first-order valence-electron chi connectivity index (χ1n) is 7.23. The Kier molecular flexibility index (Phi) is 4.42. The van der Waals surface area contributed by atoms with Gasteiger partial charge >= 0.3 is 0 Å². The SMILES string of the molecule is CCN(CC)C(=O)CC1CN(C(C)=O)c2ccccc21. The zero-order valence-corrected chi connectivity index (χ0v) is 12.4. The third-order valence-corrected chi connectivity index (χ3v) is 3.99. The average Bonchev–Trinajstić information content (AvgIpc) is 2.79. The number of hydrogen-bond acceptors (Lipinski definition) is 2. The van der Waals surface area contributed by atoms with Crippen LogP contribution in [0.2, 0.25) is 0 Å². The lowest BCUT2D eigenvalue weighted by molar-refractivity contribution is -0.131. The van der Waals surface area contributed by atoms with Crippen molar-refractivity contribution in [3.8, 4) is 0 Å². The third kappa shape index (κ3) is 2.69. The number of rotatable bonds is 4. The highest BCUT2D eigenvalue weighted by atomic mass is 16.2. The molecular formula is C16H22N2O2. The predicted octanol–water partition coefficient (Wildman–Crippen LogP) is 2.40. The molecule has 2 amide bonds. The van der Waals surface area contributed by atoms with E-state index in [0.717, 1.165) is 24.3 Å². The fourth-order valence-electron chi connectivity index (χ4n) is 2.88. The van der Waals surface area contributed by atoms with Crippen molar-refractivity contribution >= 4 is 17.5 Å². The van der Waals surface area contributed by atoms with Crippen molar-refractivity contribution in [1.29, 1.82) is 0 Å². The zero-order chi connectivity index (χ0) is 14.7. The second kappa shape index (κ2) is 6.07. The summed E-state index contributed by atoms with van der Waals surface area (Å²) < 4.78 is 0. The zero-order valence-electron chi connectivity index (χ0n) is 12.4. The van der Waals surface area contributed by atoms with Gasteiger partial charge in [0, 0.05) is 44.6 Å². The standard InChI is InChI=1S/C16H22N2O2/c1-4-17(5-2)16(20)10-13-11-18(12(3)19)15-9-7-6-8-14(13)15/h6-9,13H,4-5,10-11H2,1-3H3. The summed E-state index contributed by atoms with van der Waals surface area (Å²) in [4.78, 5) is 27.6. The van der Waals surface area contributed by atoms with Gasteiger partial charge in [-0.1, -0.05) is 18.2 Å². The van der Waals surface area contributed by atoms with Gasteiger partial charge in [0.2, 0.25) is 11.8 Å². The van der Waals surface area contributed by atoms with Gasteiger partial charge in [0.1, 0.15) is 0 Å². The Morgan fingerprint density at radius 3 is 2.50 bits per heavy atom. The number of carbonyl (C=O) groups is 2. The lowest BCUT2D eigenvalue weighted by atomic mass is 9.97. The summed E-state index contributed by atoms with van der Waals surface area (Å²) in [6, 6.07) is 7.89. The maximum absolute atomic E-state index is 12.3. The summed E-state index contributed by atoms with van der Waals surface area (Å²) in [6.07, 6.45) is 0.475. The van der Waals surface area contributed by atoms with Crippen LogP contribution in [0.25, 0.3) is 0 Å². The van der Waals surface area contributed by atoms with Crippen molar-refractivity contribution in [1.82, 2.24) is 4.90 Å². The van der Waals surface area contributed by atoms with E-state index in [1.807, 2.05) is 43.0 Å². The summed E-state index contributed by atoms with van der Waals surface area (Å²) in [5, 5.41) is 0. The highest BCUT2D eigenvalue weighted by Gasteiger charge is 2.32. The molecule has 0 fully saturated rings. The molecule has 0 saturated carbocycles. The molecule has 4 heteroatoms. The maximum Gasteiger partial charge on any atom is 0.223 e. The Hall–Kier alpha value is -1.84. The van der Waals surface area contributed by atoms with Crippen LogP contribution in [0.5, 0.6) is 0 Å². The Bertz CT molecular complexity index is 509. The van der Waals surface area contributed by atoms with E-state index in [0.29, 0.717) is 13.0 Å². The minimum atomic E-state index is 0.0373. The maximum atomic E-state index is 12.3. The summed E-state index contributed by atoms with van der Waals surface area (Å²) in [6.45, 7) is 7.64. The molecule has 1 atom stereocenters. The molecule has 0 spiro atoms. The molecule has 1 aliphatic rings. The van der Waals surface area contributed by atoms with E-state index in [9.17, 15) is 9.59 Å². The number of para-hydroxylation sites is 1. The Morgan fingerprint density at radius 2 is 1.90 bits per heavy atom. The molecule has 2 rings (SSSR count). The fourth-order valence-corrected chi connectivity index (χ4v) is 2.88. The molecule has 1 heterocycles. The van der Waals surface area contributed by atoms with Crippen LogP contribution >= 0.6 is 0 Å². The number of amides is 2. The highest BCUT2D eigenvalue weighted by Crippen LogP contribution is 2.38. The van der Waals surface area contributed by atoms with Crippen LogP contribution in [0.1, 0.15) is 38.7 Å². The molecule has 20 heavy (non-hydrogen) atoms. The molecule has 0 bridgehead atoms. The van der Waals surface area contributed by atoms with Gasteiger partial charge < -0.3 is 9.80 Å². The number of fused-ring (bicyclic) bond motifs is 1. The number of hydrogen-bond donors (Lipinski definition) is 0. The molecule has 0 aliphatic carbocycles. The van der Waals surface area contributed by atoms with E-state index in [-0.39, 0.29) is 17.7 Å². The summed E-state index contributed by atoms with van der Waals surface area (Å²) in [5.74, 6) is 0.318. The molecule has 1 aliphatic heterocycles. The van der Waals surface area contributed by atoms with Gasteiger partial charge in [-0.2, -0.15) is 0 Å². The normalized spacial score (nSPS) is 16.9. The first-order chi connectivity index (χ1) is 9.58. The lowest BCUT2D eigenvalue weighted by Crippen LogP contribution is -2.33. The predicted molar refractivity (Wildman–Crippen MR) is 79.8 cm³/mol. The molecule has 0 N–H and O–H groups in total. The van der Waals surface area contributed by atoms with Gasteiger partial charge in [-0.3, -0.25) is 9.59 Å². The molecule has 108 valence electrons. The van der Waals surface area contributed by atoms with E-state index in [4.69, 9.17) is 0 Å². The molecule has 0 radical (unpaired) electrons. The third-order valence-electron chi connectivity index (χ3n) is 3.99. The van der Waals surface area contributed by atoms with Crippen molar-refractivity contribution < 1.29 is 9.59 Å². The molecule has 0 saturated heterocycles. The number of anilines is 1. The first-order valence-corrected chi connectivity index (χ1v) is 7.23. The van der Waals surface area contributed by atoms with Crippen molar-refractivity contribution in [3.63, 3.8) is 0 Å². The van der Waals surface area contributed by atoms with E-state index < -0.39 is 0 Å². The van der Waals surface area contributed by atoms with Crippen LogP contribution < -0.4 is 4.90 Å².